The van der Waals surface area contributed by atoms with E-state index in [-0.39, 0.29) is 0 Å². The Morgan fingerprint density at radius 2 is 1.13 bits per heavy atom. The highest BCUT2D eigenvalue weighted by molar-refractivity contribution is 5.79. The van der Waals surface area contributed by atoms with Gasteiger partial charge in [-0.25, -0.2) is 4.79 Å². The van der Waals surface area contributed by atoms with Crippen LogP contribution < -0.4 is 0 Å². The Kier molecular flexibility index (Phi) is 2.45. The quantitative estimate of drug-likeness (QED) is 0.782. The average molecular weight is 310 g/mol. The van der Waals surface area contributed by atoms with Crippen LogP contribution in [0.5, 0.6) is 0 Å². The lowest BCUT2D eigenvalue weighted by molar-refractivity contribution is -0.215. The van der Waals surface area contributed by atoms with Gasteiger partial charge < -0.3 is 14.9 Å². The molecule has 2 N–H and O–H groups in total. The Hall–Kier alpha value is -2.41. The first-order valence-electron chi connectivity index (χ1n) is 7.48. The molecule has 0 saturated carbocycles. The molecule has 2 aromatic rings. The summed E-state index contributed by atoms with van der Waals surface area (Å²) < 4.78 is 6.11. The third kappa shape index (κ3) is 1.50. The summed E-state index contributed by atoms with van der Waals surface area (Å²) in [5, 5.41) is 21.0. The van der Waals surface area contributed by atoms with Crippen LogP contribution in [0.15, 0.2) is 48.5 Å². The van der Waals surface area contributed by atoms with Gasteiger partial charge in [-0.1, -0.05) is 48.5 Å². The van der Waals surface area contributed by atoms with Crippen LogP contribution in [-0.2, 0) is 4.74 Å². The standard InChI is InChI=1S/C17H14N2O4/c20-13-9-5-1-3-7-11(9)15-18(13)17(22)19-14(21)10-6-2-4-8-12(10)16(19)23-15/h1-8,13-16,20-21H/t13-,14-,15+,16+/m1/s1. The van der Waals surface area contributed by atoms with Crippen molar-refractivity contribution in [2.75, 3.05) is 0 Å². The van der Waals surface area contributed by atoms with Crippen molar-refractivity contribution in [3.05, 3.63) is 70.8 Å². The number of fused-ring (bicyclic) bond motifs is 6. The SMILES string of the molecule is O=C1N2[C@H](O)c3ccccc3[C@@H]2O[C@H]2c3ccccc3[C@@H](O)N12. The fourth-order valence-corrected chi connectivity index (χ4v) is 3.74. The van der Waals surface area contributed by atoms with Crippen molar-refractivity contribution in [2.45, 2.75) is 24.9 Å². The van der Waals surface area contributed by atoms with Crippen molar-refractivity contribution in [3.8, 4) is 0 Å². The van der Waals surface area contributed by atoms with E-state index >= 15 is 0 Å². The van der Waals surface area contributed by atoms with Gasteiger partial charge in [0.2, 0.25) is 0 Å². The van der Waals surface area contributed by atoms with Crippen LogP contribution in [-0.4, -0.2) is 26.0 Å². The van der Waals surface area contributed by atoms with E-state index < -0.39 is 30.9 Å². The first kappa shape index (κ1) is 13.1. The van der Waals surface area contributed by atoms with Gasteiger partial charge in [0.15, 0.2) is 24.9 Å². The average Bonchev–Trinajstić information content (AvgIpc) is 3.03. The van der Waals surface area contributed by atoms with Gasteiger partial charge in [0.05, 0.1) is 0 Å². The van der Waals surface area contributed by atoms with Crippen LogP contribution in [0, 0.1) is 0 Å². The van der Waals surface area contributed by atoms with Crippen molar-refractivity contribution in [1.82, 2.24) is 9.80 Å². The van der Waals surface area contributed by atoms with E-state index in [9.17, 15) is 15.0 Å². The summed E-state index contributed by atoms with van der Waals surface area (Å²) in [7, 11) is 0. The molecule has 1 fully saturated rings. The van der Waals surface area contributed by atoms with Gasteiger partial charge in [-0.3, -0.25) is 9.80 Å². The second-order valence-corrected chi connectivity index (χ2v) is 5.94. The Bertz CT molecular complexity index is 758. The van der Waals surface area contributed by atoms with Crippen LogP contribution in [0.1, 0.15) is 47.2 Å². The smallest absolute Gasteiger partial charge is 0.329 e. The fourth-order valence-electron chi connectivity index (χ4n) is 3.74. The Morgan fingerprint density at radius 1 is 0.739 bits per heavy atom. The molecule has 0 spiro atoms. The topological polar surface area (TPSA) is 73.2 Å². The van der Waals surface area contributed by atoms with E-state index in [1.54, 1.807) is 12.1 Å². The number of amides is 2. The van der Waals surface area contributed by atoms with Crippen LogP contribution in [0.4, 0.5) is 4.79 Å². The van der Waals surface area contributed by atoms with E-state index in [1.165, 1.54) is 9.80 Å². The van der Waals surface area contributed by atoms with Gasteiger partial charge in [0, 0.05) is 22.3 Å². The van der Waals surface area contributed by atoms with Crippen molar-refractivity contribution >= 4 is 6.03 Å². The largest absolute Gasteiger partial charge is 0.369 e. The zero-order valence-corrected chi connectivity index (χ0v) is 12.0. The Morgan fingerprint density at radius 3 is 1.57 bits per heavy atom. The number of benzene rings is 2. The lowest BCUT2D eigenvalue weighted by atomic mass is 10.1. The zero-order valence-electron chi connectivity index (χ0n) is 12.0. The highest BCUT2D eigenvalue weighted by Gasteiger charge is 2.54. The van der Waals surface area contributed by atoms with Crippen molar-refractivity contribution in [2.24, 2.45) is 0 Å². The number of carbonyl (C=O) groups is 1. The fraction of sp³-hybridized carbons (Fsp3) is 0.235. The molecule has 4 atom stereocenters. The maximum Gasteiger partial charge on any atom is 0.329 e. The van der Waals surface area contributed by atoms with Gasteiger partial charge in [0.25, 0.3) is 0 Å². The molecule has 0 aromatic heterocycles. The highest BCUT2D eigenvalue weighted by Crippen LogP contribution is 2.53. The summed E-state index contributed by atoms with van der Waals surface area (Å²) in [6, 6.07) is 14.2. The molecule has 116 valence electrons. The lowest BCUT2D eigenvalue weighted by Gasteiger charge is -2.42. The highest BCUT2D eigenvalue weighted by atomic mass is 16.6. The van der Waals surface area contributed by atoms with Crippen molar-refractivity contribution < 1.29 is 19.7 Å². The van der Waals surface area contributed by atoms with Gasteiger partial charge in [-0.2, -0.15) is 0 Å². The second kappa shape index (κ2) is 4.32. The second-order valence-electron chi connectivity index (χ2n) is 5.94. The number of aliphatic hydroxyl groups is 2. The predicted octanol–water partition coefficient (Wildman–Crippen LogP) is 2.15. The summed E-state index contributed by atoms with van der Waals surface area (Å²) in [6.07, 6.45) is -3.43. The molecule has 3 heterocycles. The van der Waals surface area contributed by atoms with Crippen LogP contribution in [0.25, 0.3) is 0 Å². The summed E-state index contributed by atoms with van der Waals surface area (Å²) in [5.41, 5.74) is 2.89. The number of aliphatic hydroxyl groups excluding tert-OH is 2. The molecule has 0 bridgehead atoms. The number of hydrogen-bond donors (Lipinski definition) is 2. The molecule has 2 amide bonds. The third-order valence-corrected chi connectivity index (χ3v) is 4.81. The molecule has 3 aliphatic heterocycles. The van der Waals surface area contributed by atoms with Gasteiger partial charge in [0.1, 0.15) is 0 Å². The van der Waals surface area contributed by atoms with Crippen molar-refractivity contribution in [3.63, 3.8) is 0 Å². The molecular formula is C17H14N2O4. The molecule has 2 aromatic carbocycles. The van der Waals surface area contributed by atoms with Crippen LogP contribution >= 0.6 is 0 Å². The molecule has 0 unspecified atom stereocenters. The molecule has 1 saturated heterocycles. The number of urea groups is 1. The van der Waals surface area contributed by atoms with E-state index in [0.29, 0.717) is 11.1 Å². The first-order valence-corrected chi connectivity index (χ1v) is 7.48. The van der Waals surface area contributed by atoms with Gasteiger partial charge >= 0.3 is 6.03 Å². The molecule has 3 aliphatic rings. The number of carbonyl (C=O) groups excluding carboxylic acids is 1. The number of rotatable bonds is 0. The van der Waals surface area contributed by atoms with E-state index in [2.05, 4.69) is 0 Å². The maximum atomic E-state index is 12.9. The predicted molar refractivity (Wildman–Crippen MR) is 78.4 cm³/mol. The van der Waals surface area contributed by atoms with E-state index in [1.807, 2.05) is 36.4 Å². The number of hydrogen-bond acceptors (Lipinski definition) is 4. The monoisotopic (exact) mass is 310 g/mol. The third-order valence-electron chi connectivity index (χ3n) is 4.81. The Balaban J connectivity index is 1.65. The minimum Gasteiger partial charge on any atom is -0.369 e. The number of nitrogens with zero attached hydrogens (tertiary/aromatic N) is 2. The minimum absolute atomic E-state index is 0.432. The number of ether oxygens (including phenoxy) is 1. The van der Waals surface area contributed by atoms with E-state index in [0.717, 1.165) is 11.1 Å². The van der Waals surface area contributed by atoms with Gasteiger partial charge in [-0.05, 0) is 0 Å². The zero-order chi connectivity index (χ0) is 15.7. The molecule has 6 heteroatoms. The Labute approximate surface area is 132 Å². The van der Waals surface area contributed by atoms with Crippen LogP contribution in [0.2, 0.25) is 0 Å². The molecule has 5 rings (SSSR count). The minimum atomic E-state index is -1.07. The van der Waals surface area contributed by atoms with Crippen molar-refractivity contribution in [1.29, 1.82) is 0 Å². The summed E-state index contributed by atoms with van der Waals surface area (Å²) in [5.74, 6) is 0. The maximum absolute atomic E-state index is 12.9. The van der Waals surface area contributed by atoms with Gasteiger partial charge in [-0.15, -0.1) is 0 Å². The van der Waals surface area contributed by atoms with Crippen LogP contribution in [0.3, 0.4) is 0 Å². The summed E-state index contributed by atoms with van der Waals surface area (Å²) in [4.78, 5) is 15.4. The molecule has 6 nitrogen and oxygen atoms in total. The first-order chi connectivity index (χ1) is 11.2. The van der Waals surface area contributed by atoms with E-state index in [4.69, 9.17) is 4.74 Å². The molecule has 0 radical (unpaired) electrons. The lowest BCUT2D eigenvalue weighted by Crippen LogP contribution is -2.50. The molecular weight excluding hydrogens is 296 g/mol. The normalized spacial score (nSPS) is 30.8. The summed E-state index contributed by atoms with van der Waals surface area (Å²) in [6.45, 7) is 0. The summed E-state index contributed by atoms with van der Waals surface area (Å²) >= 11 is 0. The molecule has 23 heavy (non-hydrogen) atoms. The molecule has 0 aliphatic carbocycles.